The summed E-state index contributed by atoms with van der Waals surface area (Å²) < 4.78 is 0. The maximum absolute atomic E-state index is 11.5. The number of nitrogens with two attached hydrogens (primary N) is 1. The molecule has 5 heteroatoms. The number of hydrogen-bond acceptors (Lipinski definition) is 4. The fourth-order valence-corrected chi connectivity index (χ4v) is 1.30. The number of carbonyl (C=O) groups excluding carboxylic acids is 1. The molecule has 3 unspecified atom stereocenters. The quantitative estimate of drug-likeness (QED) is 0.546. The van der Waals surface area contributed by atoms with E-state index in [1.165, 1.54) is 0 Å². The van der Waals surface area contributed by atoms with Gasteiger partial charge in [-0.05, 0) is 12.8 Å². The molecule has 16 heavy (non-hydrogen) atoms. The molecule has 0 aliphatic heterocycles. The summed E-state index contributed by atoms with van der Waals surface area (Å²) in [6, 6.07) is 0.118. The van der Waals surface area contributed by atoms with Gasteiger partial charge in [0.05, 0.1) is 0 Å². The molecule has 0 aromatic heterocycles. The van der Waals surface area contributed by atoms with Crippen molar-refractivity contribution >= 4 is 5.91 Å². The molecule has 5 nitrogen and oxygen atoms in total. The normalized spacial score (nSPS) is 16.6. The lowest BCUT2D eigenvalue weighted by Crippen LogP contribution is -2.47. The van der Waals surface area contributed by atoms with Crippen molar-refractivity contribution in [2.75, 3.05) is 27.2 Å². The molecule has 0 spiro atoms. The fourth-order valence-electron chi connectivity index (χ4n) is 1.30. The third kappa shape index (κ3) is 5.44. The van der Waals surface area contributed by atoms with Crippen LogP contribution in [-0.4, -0.2) is 55.2 Å². The predicted molar refractivity (Wildman–Crippen MR) is 65.0 cm³/mol. The largest absolute Gasteiger partial charge is 0.396 e. The van der Waals surface area contributed by atoms with Crippen LogP contribution in [0.25, 0.3) is 0 Å². The van der Waals surface area contributed by atoms with Gasteiger partial charge in [-0.15, -0.1) is 0 Å². The average Bonchev–Trinajstić information content (AvgIpc) is 2.26. The molecule has 4 N–H and O–H groups in total. The van der Waals surface area contributed by atoms with E-state index in [0.717, 1.165) is 0 Å². The number of aliphatic hydroxyl groups excluding tert-OH is 1. The molecule has 0 aromatic rings. The van der Waals surface area contributed by atoms with E-state index >= 15 is 0 Å². The van der Waals surface area contributed by atoms with Gasteiger partial charge in [0, 0.05) is 45.8 Å². The van der Waals surface area contributed by atoms with Gasteiger partial charge in [0.1, 0.15) is 0 Å². The first kappa shape index (κ1) is 15.3. The Morgan fingerprint density at radius 1 is 1.44 bits per heavy atom. The van der Waals surface area contributed by atoms with Crippen molar-refractivity contribution in [3.05, 3.63) is 0 Å². The minimum absolute atomic E-state index is 0.0288. The van der Waals surface area contributed by atoms with Crippen LogP contribution in [0.4, 0.5) is 0 Å². The summed E-state index contributed by atoms with van der Waals surface area (Å²) in [6.45, 7) is 4.50. The Morgan fingerprint density at radius 3 is 2.38 bits per heavy atom. The van der Waals surface area contributed by atoms with Gasteiger partial charge < -0.3 is 21.1 Å². The van der Waals surface area contributed by atoms with E-state index in [1.54, 1.807) is 19.0 Å². The molecule has 0 aromatic carbocycles. The van der Waals surface area contributed by atoms with Crippen molar-refractivity contribution < 1.29 is 9.90 Å². The summed E-state index contributed by atoms with van der Waals surface area (Å²) in [6.07, 6.45) is 0.395. The number of hydrogen-bond donors (Lipinski definition) is 3. The highest BCUT2D eigenvalue weighted by Gasteiger charge is 2.18. The van der Waals surface area contributed by atoms with E-state index in [2.05, 4.69) is 5.32 Å². The second-order valence-corrected chi connectivity index (χ2v) is 4.54. The third-order valence-electron chi connectivity index (χ3n) is 2.84. The van der Waals surface area contributed by atoms with Crippen LogP contribution in [0.5, 0.6) is 0 Å². The van der Waals surface area contributed by atoms with Gasteiger partial charge in [0.2, 0.25) is 5.91 Å². The number of rotatable bonds is 7. The number of aliphatic hydroxyl groups is 1. The van der Waals surface area contributed by atoms with Crippen LogP contribution < -0.4 is 11.1 Å². The molecule has 0 saturated carbocycles. The van der Waals surface area contributed by atoms with Crippen LogP contribution >= 0.6 is 0 Å². The molecular weight excluding hydrogens is 206 g/mol. The fraction of sp³-hybridized carbons (Fsp3) is 0.909. The number of nitrogens with zero attached hydrogens (tertiary/aromatic N) is 1. The number of amides is 1. The minimum atomic E-state index is -0.0288. The van der Waals surface area contributed by atoms with Crippen molar-refractivity contribution in [2.45, 2.75) is 32.4 Å². The highest BCUT2D eigenvalue weighted by Crippen LogP contribution is 2.04. The SMILES string of the molecule is CC(CO)C(C)NC(CN)CC(=O)N(C)C. The Hall–Kier alpha value is -0.650. The zero-order valence-corrected chi connectivity index (χ0v) is 10.7. The van der Waals surface area contributed by atoms with E-state index in [1.807, 2.05) is 13.8 Å². The van der Waals surface area contributed by atoms with Gasteiger partial charge in [-0.25, -0.2) is 0 Å². The molecule has 0 heterocycles. The lowest BCUT2D eigenvalue weighted by molar-refractivity contribution is -0.129. The Kier molecular flexibility index (Phi) is 7.29. The third-order valence-corrected chi connectivity index (χ3v) is 2.84. The highest BCUT2D eigenvalue weighted by molar-refractivity contribution is 5.76. The summed E-state index contributed by atoms with van der Waals surface area (Å²) in [5.74, 6) is 0.218. The summed E-state index contributed by atoms with van der Waals surface area (Å²) in [7, 11) is 3.46. The van der Waals surface area contributed by atoms with Crippen molar-refractivity contribution in [2.24, 2.45) is 11.7 Å². The molecular formula is C11H25N3O2. The number of nitrogens with one attached hydrogen (secondary N) is 1. The molecule has 0 fully saturated rings. The number of carbonyl (C=O) groups is 1. The Balaban J connectivity index is 4.14. The second-order valence-electron chi connectivity index (χ2n) is 4.54. The van der Waals surface area contributed by atoms with Gasteiger partial charge >= 0.3 is 0 Å². The summed E-state index contributed by atoms with van der Waals surface area (Å²) >= 11 is 0. The van der Waals surface area contributed by atoms with Crippen molar-refractivity contribution in [3.63, 3.8) is 0 Å². The van der Waals surface area contributed by atoms with Crippen LogP contribution in [0.2, 0.25) is 0 Å². The molecule has 0 aliphatic carbocycles. The maximum Gasteiger partial charge on any atom is 0.223 e. The molecule has 96 valence electrons. The average molecular weight is 231 g/mol. The van der Waals surface area contributed by atoms with Crippen molar-refractivity contribution in [1.29, 1.82) is 0 Å². The van der Waals surface area contributed by atoms with E-state index < -0.39 is 0 Å². The highest BCUT2D eigenvalue weighted by atomic mass is 16.3. The molecule has 0 rings (SSSR count). The van der Waals surface area contributed by atoms with E-state index in [0.29, 0.717) is 13.0 Å². The Bertz CT molecular complexity index is 209. The van der Waals surface area contributed by atoms with Gasteiger partial charge in [-0.1, -0.05) is 6.92 Å². The molecule has 0 radical (unpaired) electrons. The monoisotopic (exact) mass is 231 g/mol. The minimum Gasteiger partial charge on any atom is -0.396 e. The molecule has 0 bridgehead atoms. The topological polar surface area (TPSA) is 78.6 Å². The standard InChI is InChI=1S/C11H25N3O2/c1-8(7-15)9(2)13-10(6-12)5-11(16)14(3)4/h8-10,13,15H,5-7,12H2,1-4H3. The van der Waals surface area contributed by atoms with Crippen LogP contribution in [-0.2, 0) is 4.79 Å². The van der Waals surface area contributed by atoms with Gasteiger partial charge in [0.25, 0.3) is 0 Å². The maximum atomic E-state index is 11.5. The first-order valence-electron chi connectivity index (χ1n) is 5.69. The molecule has 0 saturated heterocycles. The van der Waals surface area contributed by atoms with Crippen LogP contribution in [0.3, 0.4) is 0 Å². The van der Waals surface area contributed by atoms with E-state index in [9.17, 15) is 4.79 Å². The molecule has 0 aliphatic rings. The first-order chi connectivity index (χ1) is 7.42. The van der Waals surface area contributed by atoms with Gasteiger partial charge in [0.15, 0.2) is 0 Å². The first-order valence-corrected chi connectivity index (χ1v) is 5.69. The summed E-state index contributed by atoms with van der Waals surface area (Å²) in [5, 5.41) is 12.3. The van der Waals surface area contributed by atoms with Crippen LogP contribution in [0, 0.1) is 5.92 Å². The van der Waals surface area contributed by atoms with Gasteiger partial charge in [-0.3, -0.25) is 4.79 Å². The smallest absolute Gasteiger partial charge is 0.223 e. The van der Waals surface area contributed by atoms with Crippen LogP contribution in [0.15, 0.2) is 0 Å². The lowest BCUT2D eigenvalue weighted by atomic mass is 10.0. The van der Waals surface area contributed by atoms with Crippen molar-refractivity contribution in [3.8, 4) is 0 Å². The zero-order chi connectivity index (χ0) is 12.7. The van der Waals surface area contributed by atoms with Crippen LogP contribution in [0.1, 0.15) is 20.3 Å². The second kappa shape index (κ2) is 7.60. The molecule has 1 amide bonds. The van der Waals surface area contributed by atoms with E-state index in [-0.39, 0.29) is 30.5 Å². The Labute approximate surface area is 98.0 Å². The zero-order valence-electron chi connectivity index (χ0n) is 10.7. The van der Waals surface area contributed by atoms with E-state index in [4.69, 9.17) is 10.8 Å². The van der Waals surface area contributed by atoms with Crippen molar-refractivity contribution in [1.82, 2.24) is 10.2 Å². The summed E-state index contributed by atoms with van der Waals surface area (Å²) in [4.78, 5) is 13.1. The van der Waals surface area contributed by atoms with Gasteiger partial charge in [-0.2, -0.15) is 0 Å². The summed E-state index contributed by atoms with van der Waals surface area (Å²) in [5.41, 5.74) is 5.62. The molecule has 3 atom stereocenters. The predicted octanol–water partition coefficient (Wildman–Crippen LogP) is -0.601. The lowest BCUT2D eigenvalue weighted by Gasteiger charge is -2.26. The Morgan fingerprint density at radius 2 is 2.00 bits per heavy atom.